The molecule has 1 rings (SSSR count). The van der Waals surface area contributed by atoms with Gasteiger partial charge in [0.25, 0.3) is 0 Å². The van der Waals surface area contributed by atoms with Crippen molar-refractivity contribution in [2.45, 2.75) is 26.7 Å². The third-order valence-electron chi connectivity index (χ3n) is 3.50. The molecule has 0 bridgehead atoms. The molecule has 5 heteroatoms. The molecule has 1 aromatic rings. The number of amides is 3. The fraction of sp³-hybridized carbons (Fsp3) is 0.500. The van der Waals surface area contributed by atoms with E-state index >= 15 is 0 Å². The SMILES string of the molecule is CN(CCCc1ccccc1)C(=O)NCC(C)(C)C(N)=O. The largest absolute Gasteiger partial charge is 0.369 e. The Kier molecular flexibility index (Phi) is 6.21. The highest BCUT2D eigenvalue weighted by atomic mass is 16.2. The second kappa shape index (κ2) is 7.67. The van der Waals surface area contributed by atoms with Crippen molar-refractivity contribution in [3.63, 3.8) is 0 Å². The molecule has 0 aliphatic rings. The van der Waals surface area contributed by atoms with Gasteiger partial charge in [-0.05, 0) is 32.3 Å². The van der Waals surface area contributed by atoms with Crippen molar-refractivity contribution in [2.75, 3.05) is 20.1 Å². The zero-order chi connectivity index (χ0) is 15.9. The molecule has 0 spiro atoms. The number of nitrogens with two attached hydrogens (primary N) is 1. The van der Waals surface area contributed by atoms with Gasteiger partial charge >= 0.3 is 6.03 Å². The normalized spacial score (nSPS) is 11.0. The van der Waals surface area contributed by atoms with Crippen LogP contribution in [0, 0.1) is 5.41 Å². The highest BCUT2D eigenvalue weighted by molar-refractivity contribution is 5.81. The monoisotopic (exact) mass is 291 g/mol. The Labute approximate surface area is 126 Å². The van der Waals surface area contributed by atoms with Crippen molar-refractivity contribution in [3.8, 4) is 0 Å². The first-order chi connectivity index (χ1) is 9.83. The second-order valence-electron chi connectivity index (χ2n) is 5.92. The Balaban J connectivity index is 2.30. The van der Waals surface area contributed by atoms with E-state index in [9.17, 15) is 9.59 Å². The molecule has 3 amide bonds. The first kappa shape index (κ1) is 17.0. The molecule has 0 atom stereocenters. The summed E-state index contributed by atoms with van der Waals surface area (Å²) in [5.41, 5.74) is 5.80. The molecule has 116 valence electrons. The zero-order valence-corrected chi connectivity index (χ0v) is 13.1. The van der Waals surface area contributed by atoms with Crippen LogP contribution in [-0.2, 0) is 11.2 Å². The molecule has 0 unspecified atom stereocenters. The van der Waals surface area contributed by atoms with Gasteiger partial charge in [0, 0.05) is 20.1 Å². The molecule has 0 aliphatic carbocycles. The second-order valence-corrected chi connectivity index (χ2v) is 5.92. The van der Waals surface area contributed by atoms with Crippen molar-refractivity contribution in [2.24, 2.45) is 11.1 Å². The van der Waals surface area contributed by atoms with E-state index < -0.39 is 11.3 Å². The predicted molar refractivity (Wildman–Crippen MR) is 83.8 cm³/mol. The van der Waals surface area contributed by atoms with Gasteiger partial charge in [0.05, 0.1) is 5.41 Å². The minimum absolute atomic E-state index is 0.183. The molecule has 0 fully saturated rings. The lowest BCUT2D eigenvalue weighted by Gasteiger charge is -2.24. The number of nitrogens with one attached hydrogen (secondary N) is 1. The summed E-state index contributed by atoms with van der Waals surface area (Å²) in [4.78, 5) is 24.7. The van der Waals surface area contributed by atoms with Gasteiger partial charge in [-0.2, -0.15) is 0 Å². The van der Waals surface area contributed by atoms with Gasteiger partial charge in [0.15, 0.2) is 0 Å². The molecule has 0 aromatic heterocycles. The third kappa shape index (κ3) is 5.85. The topological polar surface area (TPSA) is 75.4 Å². The highest BCUT2D eigenvalue weighted by Crippen LogP contribution is 2.12. The fourth-order valence-electron chi connectivity index (χ4n) is 1.79. The molecular weight excluding hydrogens is 266 g/mol. The summed E-state index contributed by atoms with van der Waals surface area (Å²) in [6, 6.07) is 9.99. The van der Waals surface area contributed by atoms with Crippen molar-refractivity contribution in [3.05, 3.63) is 35.9 Å². The number of carbonyl (C=O) groups excluding carboxylic acids is 2. The van der Waals surface area contributed by atoms with Crippen molar-refractivity contribution < 1.29 is 9.59 Å². The lowest BCUT2D eigenvalue weighted by molar-refractivity contribution is -0.125. The summed E-state index contributed by atoms with van der Waals surface area (Å²) in [7, 11) is 1.75. The van der Waals surface area contributed by atoms with E-state index in [-0.39, 0.29) is 12.6 Å². The predicted octanol–water partition coefficient (Wildman–Crippen LogP) is 1.77. The van der Waals surface area contributed by atoms with Gasteiger partial charge in [-0.25, -0.2) is 4.79 Å². The van der Waals surface area contributed by atoms with Crippen LogP contribution in [0.1, 0.15) is 25.8 Å². The molecule has 3 N–H and O–H groups in total. The summed E-state index contributed by atoms with van der Waals surface area (Å²) in [6.07, 6.45) is 1.83. The number of carbonyl (C=O) groups is 2. The molecule has 0 saturated heterocycles. The van der Waals surface area contributed by atoms with Crippen LogP contribution in [0.15, 0.2) is 30.3 Å². The lowest BCUT2D eigenvalue weighted by atomic mass is 9.93. The Morgan fingerprint density at radius 2 is 1.86 bits per heavy atom. The van der Waals surface area contributed by atoms with Gasteiger partial charge < -0.3 is 16.0 Å². The molecule has 0 saturated carbocycles. The number of benzene rings is 1. The fourth-order valence-corrected chi connectivity index (χ4v) is 1.79. The molecule has 0 aliphatic heterocycles. The first-order valence-corrected chi connectivity index (χ1v) is 7.16. The Hall–Kier alpha value is -2.04. The van der Waals surface area contributed by atoms with E-state index in [1.807, 2.05) is 18.2 Å². The van der Waals surface area contributed by atoms with Gasteiger partial charge in [0.2, 0.25) is 5.91 Å². The number of primary amides is 1. The molecular formula is C16H25N3O2. The summed E-state index contributed by atoms with van der Waals surface area (Å²) in [6.45, 7) is 4.33. The Morgan fingerprint density at radius 1 is 1.24 bits per heavy atom. The number of hydrogen-bond acceptors (Lipinski definition) is 2. The Morgan fingerprint density at radius 3 is 2.43 bits per heavy atom. The molecule has 1 aromatic carbocycles. The summed E-state index contributed by atoms with van der Waals surface area (Å²) in [5, 5.41) is 2.74. The number of hydrogen-bond donors (Lipinski definition) is 2. The standard InChI is InChI=1S/C16H25N3O2/c1-16(2,14(17)20)12-18-15(21)19(3)11-7-10-13-8-5-4-6-9-13/h4-6,8-9H,7,10-12H2,1-3H3,(H2,17,20)(H,18,21). The van der Waals surface area contributed by atoms with E-state index in [0.717, 1.165) is 12.8 Å². The summed E-state index contributed by atoms with van der Waals surface area (Å²) < 4.78 is 0. The van der Waals surface area contributed by atoms with E-state index in [1.54, 1.807) is 25.8 Å². The lowest BCUT2D eigenvalue weighted by Crippen LogP contribution is -2.46. The van der Waals surface area contributed by atoms with Crippen molar-refractivity contribution in [1.82, 2.24) is 10.2 Å². The van der Waals surface area contributed by atoms with Crippen LogP contribution in [-0.4, -0.2) is 37.0 Å². The van der Waals surface area contributed by atoms with E-state index in [0.29, 0.717) is 6.54 Å². The van der Waals surface area contributed by atoms with Gasteiger partial charge in [0.1, 0.15) is 0 Å². The summed E-state index contributed by atoms with van der Waals surface area (Å²) >= 11 is 0. The number of rotatable bonds is 7. The zero-order valence-electron chi connectivity index (χ0n) is 13.1. The molecule has 5 nitrogen and oxygen atoms in total. The molecule has 0 radical (unpaired) electrons. The average molecular weight is 291 g/mol. The Bertz CT molecular complexity index is 472. The van der Waals surface area contributed by atoms with E-state index in [1.165, 1.54) is 5.56 Å². The minimum atomic E-state index is -0.736. The van der Waals surface area contributed by atoms with Crippen LogP contribution < -0.4 is 11.1 Å². The van der Waals surface area contributed by atoms with Crippen molar-refractivity contribution in [1.29, 1.82) is 0 Å². The van der Waals surface area contributed by atoms with Gasteiger partial charge in [-0.1, -0.05) is 30.3 Å². The van der Waals surface area contributed by atoms with Crippen molar-refractivity contribution >= 4 is 11.9 Å². The molecule has 21 heavy (non-hydrogen) atoms. The highest BCUT2D eigenvalue weighted by Gasteiger charge is 2.25. The minimum Gasteiger partial charge on any atom is -0.369 e. The maximum absolute atomic E-state index is 11.9. The third-order valence-corrected chi connectivity index (χ3v) is 3.50. The average Bonchev–Trinajstić information content (AvgIpc) is 2.45. The van der Waals surface area contributed by atoms with Crippen LogP contribution in [0.3, 0.4) is 0 Å². The van der Waals surface area contributed by atoms with Crippen LogP contribution >= 0.6 is 0 Å². The number of nitrogens with zero attached hydrogens (tertiary/aromatic N) is 1. The maximum atomic E-state index is 11.9. The number of urea groups is 1. The van der Waals surface area contributed by atoms with Gasteiger partial charge in [-0.3, -0.25) is 4.79 Å². The van der Waals surface area contributed by atoms with Crippen LogP contribution in [0.4, 0.5) is 4.79 Å². The number of aryl methyl sites for hydroxylation is 1. The van der Waals surface area contributed by atoms with E-state index in [4.69, 9.17) is 5.73 Å². The van der Waals surface area contributed by atoms with E-state index in [2.05, 4.69) is 17.4 Å². The quantitative estimate of drug-likeness (QED) is 0.803. The summed E-state index contributed by atoms with van der Waals surface area (Å²) in [5.74, 6) is -0.422. The smallest absolute Gasteiger partial charge is 0.317 e. The van der Waals surface area contributed by atoms with Crippen LogP contribution in [0.25, 0.3) is 0 Å². The van der Waals surface area contributed by atoms with Crippen LogP contribution in [0.2, 0.25) is 0 Å². The van der Waals surface area contributed by atoms with Gasteiger partial charge in [-0.15, -0.1) is 0 Å². The van der Waals surface area contributed by atoms with Crippen LogP contribution in [0.5, 0.6) is 0 Å². The first-order valence-electron chi connectivity index (χ1n) is 7.16. The molecule has 0 heterocycles. The maximum Gasteiger partial charge on any atom is 0.317 e.